The second kappa shape index (κ2) is 62.8. The molecule has 496 valence electrons. The summed E-state index contributed by atoms with van der Waals surface area (Å²) in [6, 6.07) is 0. The lowest BCUT2D eigenvalue weighted by Crippen LogP contribution is -2.48. The highest BCUT2D eigenvalue weighted by Crippen LogP contribution is 2.26. The molecule has 0 unspecified atom stereocenters. The SMILES string of the molecule is C.C.C.C.C.C.C.C.C.C.C.C.C=CC(=O)OCC(=O)OCC(COCC(COC(=O)COC(=O)C=C)(COC(=O)COC(=O)C=C)COC(=O)COC(=O)CCN(CCO)CCO)(COC(=O)COC(=O)C=C)COC(=O)COC(=O)C=C. The first kappa shape index (κ1) is 108. The Kier molecular flexibility index (Phi) is 80.6. The molecule has 84 heavy (non-hydrogen) atoms. The van der Waals surface area contributed by atoms with Crippen LogP contribution in [0.15, 0.2) is 63.3 Å². The number of hydrogen-bond acceptors (Lipinski definition) is 28. The Hall–Kier alpha value is -7.82. The number of aliphatic hydroxyl groups excluding tert-OH is 2. The van der Waals surface area contributed by atoms with Gasteiger partial charge in [0.2, 0.25) is 0 Å². The highest BCUT2D eigenvalue weighted by atomic mass is 16.6. The maximum atomic E-state index is 13.0. The molecular weight excluding hydrogens is 1120 g/mol. The molecule has 0 aromatic rings. The second-order valence-electron chi connectivity index (χ2n) is 14.2. The van der Waals surface area contributed by atoms with E-state index in [1.54, 1.807) is 0 Å². The lowest BCUT2D eigenvalue weighted by atomic mass is 9.90. The molecule has 0 saturated carbocycles. The van der Waals surface area contributed by atoms with Crippen LogP contribution in [-0.4, -0.2) is 212 Å². The average Bonchev–Trinajstić information content (AvgIpc) is 3.38. The van der Waals surface area contributed by atoms with Crippen molar-refractivity contribution in [1.29, 1.82) is 0 Å². The van der Waals surface area contributed by atoms with E-state index < -0.39 is 175 Å². The van der Waals surface area contributed by atoms with Gasteiger partial charge in [0.05, 0.1) is 43.7 Å². The highest BCUT2D eigenvalue weighted by molar-refractivity contribution is 5.86. The van der Waals surface area contributed by atoms with E-state index in [4.69, 9.17) is 37.9 Å². The van der Waals surface area contributed by atoms with Gasteiger partial charge in [0.15, 0.2) is 39.6 Å². The molecule has 0 atom stereocenters. The van der Waals surface area contributed by atoms with Gasteiger partial charge in [-0.15, -0.1) is 0 Å². The number of aliphatic hydroxyl groups is 2. The van der Waals surface area contributed by atoms with E-state index in [1.165, 1.54) is 4.90 Å². The summed E-state index contributed by atoms with van der Waals surface area (Å²) in [6.45, 7) is 2.04. The van der Waals surface area contributed by atoms with Crippen LogP contribution < -0.4 is 0 Å². The lowest BCUT2D eigenvalue weighted by Gasteiger charge is -2.35. The largest absolute Gasteiger partial charge is 0.462 e. The Labute approximate surface area is 499 Å². The molecular formula is C56H105NO27. The van der Waals surface area contributed by atoms with Crippen LogP contribution in [0, 0.1) is 10.8 Å². The van der Waals surface area contributed by atoms with Crippen LogP contribution in [0.1, 0.15) is 95.5 Å². The fourth-order valence-corrected chi connectivity index (χ4v) is 4.66. The van der Waals surface area contributed by atoms with Crippen molar-refractivity contribution in [3.05, 3.63) is 63.3 Å². The van der Waals surface area contributed by atoms with Crippen molar-refractivity contribution in [3.8, 4) is 0 Å². The molecule has 0 aromatic heterocycles. The predicted molar refractivity (Wildman–Crippen MR) is 314 cm³/mol. The van der Waals surface area contributed by atoms with Gasteiger partial charge in [0, 0.05) is 50.0 Å². The van der Waals surface area contributed by atoms with Gasteiger partial charge in [-0.25, -0.2) is 52.7 Å². The van der Waals surface area contributed by atoms with E-state index in [0.717, 1.165) is 30.4 Å². The average molecular weight is 1220 g/mol. The van der Waals surface area contributed by atoms with E-state index in [9.17, 15) is 67.7 Å². The molecule has 28 nitrogen and oxygen atoms in total. The maximum Gasteiger partial charge on any atom is 0.344 e. The van der Waals surface area contributed by atoms with Crippen molar-refractivity contribution in [3.63, 3.8) is 0 Å². The monoisotopic (exact) mass is 1220 g/mol. The summed E-state index contributed by atoms with van der Waals surface area (Å²) in [4.78, 5) is 149. The summed E-state index contributed by atoms with van der Waals surface area (Å²) in [5.74, 6) is -13.6. The van der Waals surface area contributed by atoms with Crippen LogP contribution in [0.25, 0.3) is 0 Å². The topological polar surface area (TPSA) is 369 Å². The predicted octanol–water partition coefficient (Wildman–Crippen LogP) is 4.73. The molecule has 0 saturated heterocycles. The van der Waals surface area contributed by atoms with Gasteiger partial charge in [-0.3, -0.25) is 9.69 Å². The molecule has 0 amide bonds. The quantitative estimate of drug-likeness (QED) is 0.0475. The zero-order valence-electron chi connectivity index (χ0n) is 39.1. The molecule has 0 radical (unpaired) electrons. The fourth-order valence-electron chi connectivity index (χ4n) is 4.66. The Morgan fingerprint density at radius 2 is 0.500 bits per heavy atom. The normalized spacial score (nSPS) is 9.13. The van der Waals surface area contributed by atoms with Crippen molar-refractivity contribution >= 4 is 71.6 Å². The van der Waals surface area contributed by atoms with Crippen LogP contribution >= 0.6 is 0 Å². The van der Waals surface area contributed by atoms with E-state index in [2.05, 4.69) is 56.6 Å². The van der Waals surface area contributed by atoms with Crippen LogP contribution in [0.2, 0.25) is 0 Å². The van der Waals surface area contributed by atoms with Crippen molar-refractivity contribution in [2.75, 3.05) is 125 Å². The molecule has 0 fully saturated rings. The summed E-state index contributed by atoms with van der Waals surface area (Å²) in [5.41, 5.74) is -4.16. The van der Waals surface area contributed by atoms with Gasteiger partial charge in [-0.1, -0.05) is 122 Å². The van der Waals surface area contributed by atoms with Gasteiger partial charge in [0.1, 0.15) is 39.6 Å². The van der Waals surface area contributed by atoms with Crippen LogP contribution in [0.3, 0.4) is 0 Å². The minimum Gasteiger partial charge on any atom is -0.462 e. The van der Waals surface area contributed by atoms with Gasteiger partial charge < -0.3 is 71.8 Å². The molecule has 0 aliphatic rings. The molecule has 0 aromatic carbocycles. The van der Waals surface area contributed by atoms with E-state index in [0.29, 0.717) is 0 Å². The van der Waals surface area contributed by atoms with Crippen LogP contribution in [0.4, 0.5) is 0 Å². The Bertz CT molecular complexity index is 1790. The first-order valence-corrected chi connectivity index (χ1v) is 20.8. The van der Waals surface area contributed by atoms with Crippen molar-refractivity contribution < 1.29 is 129 Å². The third-order valence-electron chi connectivity index (χ3n) is 8.36. The highest BCUT2D eigenvalue weighted by Gasteiger charge is 2.41. The lowest BCUT2D eigenvalue weighted by molar-refractivity contribution is -0.183. The van der Waals surface area contributed by atoms with Gasteiger partial charge in [-0.2, -0.15) is 0 Å². The number of esters is 12. The summed E-state index contributed by atoms with van der Waals surface area (Å²) in [5, 5.41) is 18.4. The Balaban J connectivity index is -0.000000382. The molecule has 0 heterocycles. The molecule has 0 spiro atoms. The summed E-state index contributed by atoms with van der Waals surface area (Å²) in [7, 11) is 0. The summed E-state index contributed by atoms with van der Waals surface area (Å²) >= 11 is 0. The van der Waals surface area contributed by atoms with Crippen molar-refractivity contribution in [1.82, 2.24) is 4.90 Å². The molecule has 0 aliphatic carbocycles. The van der Waals surface area contributed by atoms with Gasteiger partial charge in [0.25, 0.3) is 0 Å². The number of nitrogens with zero attached hydrogens (tertiary/aromatic N) is 1. The number of rotatable bonds is 40. The van der Waals surface area contributed by atoms with Gasteiger partial charge >= 0.3 is 71.6 Å². The Morgan fingerprint density at radius 1 is 0.298 bits per heavy atom. The number of carbonyl (C=O) groups is 12. The summed E-state index contributed by atoms with van der Waals surface area (Å²) < 4.78 is 65.9. The maximum absolute atomic E-state index is 13.0. The number of hydrogen-bond donors (Lipinski definition) is 2. The first-order chi connectivity index (χ1) is 34.2. The standard InChI is InChI=1S/C44H57NO27.12CH4/c1-6-31(48)61-17-37(54)67-25-43(26-68-38(55)18-62-32(49)7-2,27-69-39(56)19-63-33(50)8-3)23-60-24-44(28-70-40(57)20-64-34(51)9-4,29-71-41(58)21-65-35(52)10-5)30-72-42(59)22-66-36(53)11-12-45(13-15-46)14-16-47;;;;;;;;;;;;/h6-10,46-47H,1-5,11-30H2;12*1H4. The van der Waals surface area contributed by atoms with E-state index in [1.807, 2.05) is 0 Å². The van der Waals surface area contributed by atoms with E-state index in [-0.39, 0.29) is 128 Å². The minimum atomic E-state index is -2.09. The third-order valence-corrected chi connectivity index (χ3v) is 8.36. The van der Waals surface area contributed by atoms with Crippen LogP contribution in [-0.2, 0) is 119 Å². The van der Waals surface area contributed by atoms with E-state index >= 15 is 0 Å². The molecule has 2 N–H and O–H groups in total. The zero-order valence-corrected chi connectivity index (χ0v) is 39.1. The number of carbonyl (C=O) groups excluding carboxylic acids is 12. The van der Waals surface area contributed by atoms with Gasteiger partial charge in [-0.05, 0) is 0 Å². The molecule has 0 bridgehead atoms. The first-order valence-electron chi connectivity index (χ1n) is 20.8. The van der Waals surface area contributed by atoms with Crippen LogP contribution in [0.5, 0.6) is 0 Å². The Morgan fingerprint density at radius 3 is 0.690 bits per heavy atom. The van der Waals surface area contributed by atoms with Crippen molar-refractivity contribution in [2.45, 2.75) is 95.5 Å². The molecule has 0 aliphatic heterocycles. The summed E-state index contributed by atoms with van der Waals surface area (Å²) in [6.07, 6.45) is 3.34. The smallest absolute Gasteiger partial charge is 0.344 e. The molecule has 0 rings (SSSR count). The molecule has 28 heteroatoms. The minimum absolute atomic E-state index is 0. The third kappa shape index (κ3) is 52.3. The fraction of sp³-hybridized carbons (Fsp3) is 0.607. The number of ether oxygens (including phenoxy) is 13. The zero-order chi connectivity index (χ0) is 54.4. The second-order valence-corrected chi connectivity index (χ2v) is 14.2. The van der Waals surface area contributed by atoms with Crippen molar-refractivity contribution in [2.24, 2.45) is 10.8 Å².